The lowest BCUT2D eigenvalue weighted by Gasteiger charge is -2.14. The van der Waals surface area contributed by atoms with Crippen LogP contribution < -0.4 is 0 Å². The van der Waals surface area contributed by atoms with Gasteiger partial charge in [-0.3, -0.25) is 14.2 Å². The molecule has 1 heterocycles. The molecule has 3 aromatic carbocycles. The van der Waals surface area contributed by atoms with Crippen molar-refractivity contribution in [3.63, 3.8) is 0 Å². The number of thioether (sulfide) groups is 1. The van der Waals surface area contributed by atoms with Crippen molar-refractivity contribution in [2.24, 2.45) is 0 Å². The fraction of sp³-hybridized carbons (Fsp3) is 0.154. The summed E-state index contributed by atoms with van der Waals surface area (Å²) < 4.78 is 1.98. The number of amides is 1. The van der Waals surface area contributed by atoms with Crippen molar-refractivity contribution in [2.75, 3.05) is 12.8 Å². The van der Waals surface area contributed by atoms with E-state index in [1.807, 2.05) is 89.5 Å². The number of hydrogen-bond acceptors (Lipinski definition) is 5. The second-order valence-corrected chi connectivity index (χ2v) is 8.57. The number of carbonyl (C=O) groups is 2. The van der Waals surface area contributed by atoms with Gasteiger partial charge >= 0.3 is 0 Å². The monoisotopic (exact) mass is 456 g/mol. The van der Waals surface area contributed by atoms with E-state index in [-0.39, 0.29) is 17.4 Å². The fourth-order valence-corrected chi connectivity index (χ4v) is 4.19. The largest absolute Gasteiger partial charge is 0.342 e. The highest BCUT2D eigenvalue weighted by atomic mass is 32.2. The van der Waals surface area contributed by atoms with Gasteiger partial charge in [-0.1, -0.05) is 84.6 Å². The minimum absolute atomic E-state index is 0.00366. The van der Waals surface area contributed by atoms with Gasteiger partial charge in [0.15, 0.2) is 16.8 Å². The topological polar surface area (TPSA) is 68.1 Å². The molecule has 0 aliphatic rings. The number of aromatic nitrogens is 3. The van der Waals surface area contributed by atoms with Crippen LogP contribution in [0.2, 0.25) is 0 Å². The Morgan fingerprint density at radius 2 is 1.52 bits per heavy atom. The first-order chi connectivity index (χ1) is 16.0. The Hall–Kier alpha value is -3.71. The van der Waals surface area contributed by atoms with Gasteiger partial charge in [-0.05, 0) is 17.7 Å². The molecule has 33 heavy (non-hydrogen) atoms. The van der Waals surface area contributed by atoms with Crippen LogP contribution in [0.25, 0.3) is 17.1 Å². The maximum Gasteiger partial charge on any atom is 0.219 e. The Morgan fingerprint density at radius 3 is 2.15 bits per heavy atom. The van der Waals surface area contributed by atoms with Crippen LogP contribution in [0.3, 0.4) is 0 Å². The Bertz CT molecular complexity index is 1240. The van der Waals surface area contributed by atoms with E-state index in [4.69, 9.17) is 0 Å². The number of nitrogens with zero attached hydrogens (tertiary/aromatic N) is 4. The molecular weight excluding hydrogens is 432 g/mol. The number of Topliss-reactive ketones (excluding diaryl/α,β-unsaturated/α-hetero) is 1. The summed E-state index contributed by atoms with van der Waals surface area (Å²) in [4.78, 5) is 25.9. The highest BCUT2D eigenvalue weighted by Crippen LogP contribution is 2.28. The van der Waals surface area contributed by atoms with Crippen molar-refractivity contribution >= 4 is 23.5 Å². The van der Waals surface area contributed by atoms with Gasteiger partial charge in [-0.25, -0.2) is 0 Å². The highest BCUT2D eigenvalue weighted by Gasteiger charge is 2.17. The van der Waals surface area contributed by atoms with Crippen LogP contribution in [-0.4, -0.2) is 44.2 Å². The molecule has 1 aromatic heterocycles. The first-order valence-electron chi connectivity index (χ1n) is 10.6. The lowest BCUT2D eigenvalue weighted by atomic mass is 10.1. The third-order valence-electron chi connectivity index (χ3n) is 5.25. The van der Waals surface area contributed by atoms with E-state index < -0.39 is 0 Å². The Morgan fingerprint density at radius 1 is 0.879 bits per heavy atom. The zero-order valence-electron chi connectivity index (χ0n) is 18.5. The Labute approximate surface area is 197 Å². The molecule has 6 nitrogen and oxygen atoms in total. The third kappa shape index (κ3) is 5.38. The van der Waals surface area contributed by atoms with Crippen molar-refractivity contribution < 1.29 is 9.59 Å². The van der Waals surface area contributed by atoms with Gasteiger partial charge < -0.3 is 4.90 Å². The van der Waals surface area contributed by atoms with E-state index in [0.29, 0.717) is 17.3 Å². The molecule has 166 valence electrons. The quantitative estimate of drug-likeness (QED) is 0.279. The predicted molar refractivity (Wildman–Crippen MR) is 130 cm³/mol. The molecule has 0 aliphatic carbocycles. The Balaban J connectivity index is 1.52. The van der Waals surface area contributed by atoms with Crippen LogP contribution in [0.4, 0.5) is 0 Å². The number of rotatable bonds is 8. The normalized spacial score (nSPS) is 10.7. The Kier molecular flexibility index (Phi) is 7.00. The van der Waals surface area contributed by atoms with Crippen LogP contribution >= 0.6 is 11.8 Å². The number of carbonyl (C=O) groups excluding carboxylic acids is 2. The smallest absolute Gasteiger partial charge is 0.219 e. The van der Waals surface area contributed by atoms with Crippen molar-refractivity contribution in [1.29, 1.82) is 0 Å². The SMILES string of the molecule is CC(=O)N(C)Cc1ccc(C(=O)CSc2nnc(-c3ccccc3)n2-c2ccccc2)cc1. The zero-order chi connectivity index (χ0) is 23.2. The predicted octanol–water partition coefficient (Wildman–Crippen LogP) is 4.89. The van der Waals surface area contributed by atoms with E-state index in [9.17, 15) is 9.59 Å². The molecule has 4 rings (SSSR count). The summed E-state index contributed by atoms with van der Waals surface area (Å²) in [6, 6.07) is 27.2. The molecule has 0 bridgehead atoms. The number of para-hydroxylation sites is 1. The van der Waals surface area contributed by atoms with Crippen LogP contribution in [0.15, 0.2) is 90.1 Å². The van der Waals surface area contributed by atoms with Gasteiger partial charge in [0.2, 0.25) is 5.91 Å². The number of hydrogen-bond donors (Lipinski definition) is 0. The van der Waals surface area contributed by atoms with E-state index in [1.54, 1.807) is 11.9 Å². The molecule has 0 N–H and O–H groups in total. The van der Waals surface area contributed by atoms with Crippen molar-refractivity contribution in [3.8, 4) is 17.1 Å². The second-order valence-electron chi connectivity index (χ2n) is 7.63. The molecule has 0 saturated carbocycles. The van der Waals surface area contributed by atoms with Crippen molar-refractivity contribution in [2.45, 2.75) is 18.6 Å². The first kappa shape index (κ1) is 22.5. The minimum Gasteiger partial charge on any atom is -0.342 e. The van der Waals surface area contributed by atoms with Crippen molar-refractivity contribution in [3.05, 3.63) is 96.1 Å². The van der Waals surface area contributed by atoms with Gasteiger partial charge in [-0.15, -0.1) is 10.2 Å². The summed E-state index contributed by atoms with van der Waals surface area (Å²) in [5.41, 5.74) is 3.51. The van der Waals surface area contributed by atoms with Gasteiger partial charge in [0.1, 0.15) is 0 Å². The minimum atomic E-state index is 0.00366. The summed E-state index contributed by atoms with van der Waals surface area (Å²) in [5, 5.41) is 9.46. The zero-order valence-corrected chi connectivity index (χ0v) is 19.3. The molecule has 0 unspecified atom stereocenters. The summed E-state index contributed by atoms with van der Waals surface area (Å²) in [6.45, 7) is 2.05. The van der Waals surface area contributed by atoms with Crippen LogP contribution in [0.1, 0.15) is 22.8 Å². The molecule has 0 aliphatic heterocycles. The average molecular weight is 457 g/mol. The molecule has 0 fully saturated rings. The summed E-state index contributed by atoms with van der Waals surface area (Å²) >= 11 is 1.37. The average Bonchev–Trinajstić information content (AvgIpc) is 3.28. The molecule has 7 heteroatoms. The maximum absolute atomic E-state index is 12.8. The third-order valence-corrected chi connectivity index (χ3v) is 6.17. The van der Waals surface area contributed by atoms with Crippen LogP contribution in [-0.2, 0) is 11.3 Å². The highest BCUT2D eigenvalue weighted by molar-refractivity contribution is 7.99. The van der Waals surface area contributed by atoms with E-state index in [0.717, 1.165) is 22.6 Å². The van der Waals surface area contributed by atoms with E-state index in [1.165, 1.54) is 18.7 Å². The number of benzene rings is 3. The molecule has 0 radical (unpaired) electrons. The lowest BCUT2D eigenvalue weighted by molar-refractivity contribution is -0.128. The molecule has 0 saturated heterocycles. The lowest BCUT2D eigenvalue weighted by Crippen LogP contribution is -2.22. The van der Waals surface area contributed by atoms with Gasteiger partial charge in [0.25, 0.3) is 0 Å². The van der Waals surface area contributed by atoms with Gasteiger partial charge in [0.05, 0.1) is 5.75 Å². The fourth-order valence-electron chi connectivity index (χ4n) is 3.34. The summed E-state index contributed by atoms with van der Waals surface area (Å²) in [6.07, 6.45) is 0. The van der Waals surface area contributed by atoms with Crippen LogP contribution in [0.5, 0.6) is 0 Å². The standard InChI is InChI=1S/C26H24N4O2S/c1-19(31)29(2)17-20-13-15-21(16-14-20)24(32)18-33-26-28-27-25(22-9-5-3-6-10-22)30(26)23-11-7-4-8-12-23/h3-16H,17-18H2,1-2H3. The number of ketones is 1. The molecule has 1 amide bonds. The van der Waals surface area contributed by atoms with Gasteiger partial charge in [0, 0.05) is 37.3 Å². The first-order valence-corrected chi connectivity index (χ1v) is 11.5. The van der Waals surface area contributed by atoms with E-state index in [2.05, 4.69) is 10.2 Å². The summed E-state index contributed by atoms with van der Waals surface area (Å²) in [7, 11) is 1.75. The van der Waals surface area contributed by atoms with E-state index >= 15 is 0 Å². The second kappa shape index (κ2) is 10.3. The molecule has 4 aromatic rings. The molecular formula is C26H24N4O2S. The van der Waals surface area contributed by atoms with Crippen LogP contribution in [0, 0.1) is 0 Å². The van der Waals surface area contributed by atoms with Gasteiger partial charge in [-0.2, -0.15) is 0 Å². The summed E-state index contributed by atoms with van der Waals surface area (Å²) in [5.74, 6) is 0.988. The molecule has 0 atom stereocenters. The molecule has 0 spiro atoms. The maximum atomic E-state index is 12.8. The van der Waals surface area contributed by atoms with Crippen molar-refractivity contribution in [1.82, 2.24) is 19.7 Å².